The summed E-state index contributed by atoms with van der Waals surface area (Å²) in [6.45, 7) is 2.25. The maximum atomic E-state index is 12.6. The van der Waals surface area contributed by atoms with Crippen LogP contribution in [0, 0.1) is 11.8 Å². The van der Waals surface area contributed by atoms with E-state index in [-0.39, 0.29) is 17.4 Å². The van der Waals surface area contributed by atoms with E-state index in [0.29, 0.717) is 4.99 Å². The maximum absolute atomic E-state index is 12.6. The highest BCUT2D eigenvalue weighted by Gasteiger charge is 2.39. The fraction of sp³-hybridized carbons (Fsp3) is 0.882. The molecule has 0 aromatic carbocycles. The number of carbonyl (C=O) groups excluding carboxylic acids is 1. The molecule has 2 aliphatic rings. The van der Waals surface area contributed by atoms with E-state index in [4.69, 9.17) is 18.0 Å². The minimum atomic E-state index is -0.383. The predicted octanol–water partition coefficient (Wildman–Crippen LogP) is 3.70. The van der Waals surface area contributed by atoms with Gasteiger partial charge in [-0.05, 0) is 44.4 Å². The molecule has 1 amide bonds. The summed E-state index contributed by atoms with van der Waals surface area (Å²) in [4.78, 5) is 13.0. The monoisotopic (exact) mass is 310 g/mol. The molecule has 21 heavy (non-hydrogen) atoms. The summed E-state index contributed by atoms with van der Waals surface area (Å²) < 4.78 is 0. The average Bonchev–Trinajstić information content (AvgIpc) is 2.95. The molecule has 3 N–H and O–H groups in total. The van der Waals surface area contributed by atoms with E-state index in [1.54, 1.807) is 0 Å². The lowest BCUT2D eigenvalue weighted by atomic mass is 9.79. The number of unbranched alkanes of at least 4 members (excludes halogenated alkanes) is 1. The molecule has 0 aliphatic heterocycles. The fourth-order valence-corrected chi connectivity index (χ4v) is 4.21. The molecule has 0 unspecified atom stereocenters. The van der Waals surface area contributed by atoms with Crippen molar-refractivity contribution < 1.29 is 4.79 Å². The number of thiocarbonyl (C=S) groups is 1. The molecular formula is C17H30N2OS. The second-order valence-corrected chi connectivity index (χ2v) is 7.44. The van der Waals surface area contributed by atoms with E-state index in [1.165, 1.54) is 32.1 Å². The molecule has 2 aliphatic carbocycles. The van der Waals surface area contributed by atoms with Gasteiger partial charge in [0.15, 0.2) is 0 Å². The first kappa shape index (κ1) is 16.7. The highest BCUT2D eigenvalue weighted by Crippen LogP contribution is 2.34. The Balaban J connectivity index is 1.83. The Hall–Kier alpha value is -0.640. The Kier molecular flexibility index (Phi) is 6.03. The summed E-state index contributed by atoms with van der Waals surface area (Å²) >= 11 is 5.22. The van der Waals surface area contributed by atoms with Crippen LogP contribution in [-0.4, -0.2) is 16.4 Å². The summed E-state index contributed by atoms with van der Waals surface area (Å²) in [6.07, 6.45) is 12.5. The third-order valence-corrected chi connectivity index (χ3v) is 5.87. The summed E-state index contributed by atoms with van der Waals surface area (Å²) in [6, 6.07) is 0. The van der Waals surface area contributed by atoms with Crippen molar-refractivity contribution in [3.05, 3.63) is 0 Å². The van der Waals surface area contributed by atoms with Crippen LogP contribution in [0.2, 0.25) is 0 Å². The molecule has 0 spiro atoms. The smallest absolute Gasteiger partial charge is 0.223 e. The third-order valence-electron chi connectivity index (χ3n) is 5.47. The molecular weight excluding hydrogens is 280 g/mol. The summed E-state index contributed by atoms with van der Waals surface area (Å²) in [5.41, 5.74) is 5.52. The minimum absolute atomic E-state index is 0.176. The largest absolute Gasteiger partial charge is 0.391 e. The van der Waals surface area contributed by atoms with Gasteiger partial charge in [0.2, 0.25) is 5.91 Å². The van der Waals surface area contributed by atoms with Crippen molar-refractivity contribution >= 4 is 23.1 Å². The molecule has 2 fully saturated rings. The second-order valence-electron chi connectivity index (χ2n) is 7.00. The van der Waals surface area contributed by atoms with Crippen LogP contribution >= 0.6 is 12.2 Å². The molecule has 0 aromatic rings. The van der Waals surface area contributed by atoms with Crippen LogP contribution < -0.4 is 11.1 Å². The zero-order chi connectivity index (χ0) is 15.3. The lowest BCUT2D eigenvalue weighted by molar-refractivity contribution is -0.127. The van der Waals surface area contributed by atoms with Crippen molar-refractivity contribution in [2.75, 3.05) is 0 Å². The SMILES string of the molecule is CCCCC1CCC(C(=O)NC2(C(N)=S)CCCC2)CC1. The zero-order valence-electron chi connectivity index (χ0n) is 13.3. The molecule has 0 saturated heterocycles. The van der Waals surface area contributed by atoms with Gasteiger partial charge >= 0.3 is 0 Å². The number of nitrogens with two attached hydrogens (primary N) is 1. The van der Waals surface area contributed by atoms with Crippen molar-refractivity contribution in [2.45, 2.75) is 83.1 Å². The van der Waals surface area contributed by atoms with Gasteiger partial charge in [-0.2, -0.15) is 0 Å². The van der Waals surface area contributed by atoms with Crippen molar-refractivity contribution in [3.63, 3.8) is 0 Å². The van der Waals surface area contributed by atoms with Gasteiger partial charge in [0.1, 0.15) is 0 Å². The summed E-state index contributed by atoms with van der Waals surface area (Å²) in [5, 5.41) is 3.21. The molecule has 0 bridgehead atoms. The van der Waals surface area contributed by atoms with Crippen molar-refractivity contribution in [3.8, 4) is 0 Å². The van der Waals surface area contributed by atoms with E-state index in [2.05, 4.69) is 12.2 Å². The molecule has 3 nitrogen and oxygen atoms in total. The molecule has 2 rings (SSSR count). The topological polar surface area (TPSA) is 55.1 Å². The van der Waals surface area contributed by atoms with E-state index < -0.39 is 0 Å². The van der Waals surface area contributed by atoms with Gasteiger partial charge in [-0.1, -0.05) is 51.2 Å². The van der Waals surface area contributed by atoms with Gasteiger partial charge in [-0.3, -0.25) is 4.79 Å². The molecule has 0 heterocycles. The Labute approximate surface area is 134 Å². The van der Waals surface area contributed by atoms with Gasteiger partial charge in [-0.15, -0.1) is 0 Å². The number of rotatable bonds is 6. The Morgan fingerprint density at radius 3 is 2.38 bits per heavy atom. The Morgan fingerprint density at radius 2 is 1.86 bits per heavy atom. The van der Waals surface area contributed by atoms with Crippen LogP contribution in [0.3, 0.4) is 0 Å². The summed E-state index contributed by atoms with van der Waals surface area (Å²) in [7, 11) is 0. The molecule has 0 atom stereocenters. The van der Waals surface area contributed by atoms with E-state index in [9.17, 15) is 4.79 Å². The van der Waals surface area contributed by atoms with Crippen LogP contribution in [0.25, 0.3) is 0 Å². The number of nitrogens with one attached hydrogen (secondary N) is 1. The van der Waals surface area contributed by atoms with Crippen LogP contribution in [-0.2, 0) is 4.79 Å². The lowest BCUT2D eigenvalue weighted by Gasteiger charge is -2.33. The van der Waals surface area contributed by atoms with Crippen LogP contribution in [0.5, 0.6) is 0 Å². The first-order chi connectivity index (χ1) is 10.1. The number of amides is 1. The second kappa shape index (κ2) is 7.57. The molecule has 0 radical (unpaired) electrons. The fourth-order valence-electron chi connectivity index (χ4n) is 3.96. The first-order valence-electron chi connectivity index (χ1n) is 8.69. The zero-order valence-corrected chi connectivity index (χ0v) is 14.1. The van der Waals surface area contributed by atoms with Crippen molar-refractivity contribution in [1.82, 2.24) is 5.32 Å². The number of hydrogen-bond acceptors (Lipinski definition) is 2. The van der Waals surface area contributed by atoms with E-state index in [1.807, 2.05) is 0 Å². The Morgan fingerprint density at radius 1 is 1.24 bits per heavy atom. The van der Waals surface area contributed by atoms with Gasteiger partial charge in [0.25, 0.3) is 0 Å². The Bertz CT molecular complexity index is 369. The molecule has 4 heteroatoms. The van der Waals surface area contributed by atoms with Gasteiger partial charge in [0.05, 0.1) is 10.5 Å². The lowest BCUT2D eigenvalue weighted by Crippen LogP contribution is -2.56. The maximum Gasteiger partial charge on any atom is 0.223 e. The predicted molar refractivity (Wildman–Crippen MR) is 91.1 cm³/mol. The van der Waals surface area contributed by atoms with Crippen molar-refractivity contribution in [1.29, 1.82) is 0 Å². The first-order valence-corrected chi connectivity index (χ1v) is 9.10. The molecule has 2 saturated carbocycles. The molecule has 120 valence electrons. The average molecular weight is 311 g/mol. The van der Waals surface area contributed by atoms with Gasteiger partial charge < -0.3 is 11.1 Å². The highest BCUT2D eigenvalue weighted by atomic mass is 32.1. The highest BCUT2D eigenvalue weighted by molar-refractivity contribution is 7.80. The van der Waals surface area contributed by atoms with Crippen molar-refractivity contribution in [2.24, 2.45) is 17.6 Å². The van der Waals surface area contributed by atoms with E-state index >= 15 is 0 Å². The van der Waals surface area contributed by atoms with Crippen LogP contribution in [0.4, 0.5) is 0 Å². The van der Waals surface area contributed by atoms with Gasteiger partial charge in [0, 0.05) is 5.92 Å². The quantitative estimate of drug-likeness (QED) is 0.736. The minimum Gasteiger partial charge on any atom is -0.391 e. The number of hydrogen-bond donors (Lipinski definition) is 2. The van der Waals surface area contributed by atoms with E-state index in [0.717, 1.165) is 44.4 Å². The number of carbonyl (C=O) groups is 1. The van der Waals surface area contributed by atoms with Gasteiger partial charge in [-0.25, -0.2) is 0 Å². The third kappa shape index (κ3) is 4.18. The standard InChI is InChI=1S/C17H30N2OS/c1-2-3-6-13-7-9-14(10-8-13)15(20)19-17(16(18)21)11-4-5-12-17/h13-14H,2-12H2,1H3,(H2,18,21)(H,19,20). The normalized spacial score (nSPS) is 28.2. The van der Waals surface area contributed by atoms with Crippen LogP contribution in [0.1, 0.15) is 77.6 Å². The summed E-state index contributed by atoms with van der Waals surface area (Å²) in [5.74, 6) is 1.21. The van der Waals surface area contributed by atoms with Crippen LogP contribution in [0.15, 0.2) is 0 Å². The molecule has 0 aromatic heterocycles.